The van der Waals surface area contributed by atoms with Gasteiger partial charge in [0.2, 0.25) is 0 Å². The number of hydrogen-bond acceptors (Lipinski definition) is 4. The van der Waals surface area contributed by atoms with Crippen LogP contribution < -0.4 is 5.56 Å². The summed E-state index contributed by atoms with van der Waals surface area (Å²) in [6.07, 6.45) is 10.8. The quantitative estimate of drug-likeness (QED) is 0.864. The minimum Gasteiger partial charge on any atom is -0.345 e. The molecule has 3 heterocycles. The molecular weight excluding hydrogens is 326 g/mol. The van der Waals surface area contributed by atoms with Crippen LogP contribution in [-0.2, 0) is 13.0 Å². The molecule has 6 heteroatoms. The fourth-order valence-electron chi connectivity index (χ4n) is 4.57. The van der Waals surface area contributed by atoms with Crippen molar-refractivity contribution in [2.75, 3.05) is 13.1 Å². The normalized spacial score (nSPS) is 22.1. The zero-order valence-corrected chi connectivity index (χ0v) is 15.6. The van der Waals surface area contributed by atoms with Crippen molar-refractivity contribution in [3.05, 3.63) is 45.7 Å². The number of imidazole rings is 1. The first kappa shape index (κ1) is 17.5. The molecule has 2 N–H and O–H groups in total. The molecule has 6 nitrogen and oxygen atoms in total. The Bertz CT molecular complexity index is 789. The van der Waals surface area contributed by atoms with Crippen molar-refractivity contribution in [2.45, 2.75) is 64.3 Å². The molecule has 140 valence electrons. The number of aromatic amines is 2. The number of piperidine rings is 1. The van der Waals surface area contributed by atoms with Crippen molar-refractivity contribution in [1.82, 2.24) is 24.8 Å². The molecule has 1 aliphatic heterocycles. The number of aromatic nitrogens is 4. The highest BCUT2D eigenvalue weighted by atomic mass is 16.1. The van der Waals surface area contributed by atoms with E-state index in [-0.39, 0.29) is 5.56 Å². The van der Waals surface area contributed by atoms with Crippen molar-refractivity contribution in [3.63, 3.8) is 0 Å². The van der Waals surface area contributed by atoms with E-state index in [1.54, 1.807) is 6.07 Å². The molecule has 26 heavy (non-hydrogen) atoms. The van der Waals surface area contributed by atoms with Crippen molar-refractivity contribution in [3.8, 4) is 0 Å². The van der Waals surface area contributed by atoms with E-state index in [1.807, 2.05) is 13.1 Å². The van der Waals surface area contributed by atoms with Crippen LogP contribution in [0.4, 0.5) is 0 Å². The molecule has 2 aromatic rings. The predicted octanol–water partition coefficient (Wildman–Crippen LogP) is 2.91. The summed E-state index contributed by atoms with van der Waals surface area (Å²) in [6.45, 7) is 4.79. The lowest BCUT2D eigenvalue weighted by Gasteiger charge is -2.32. The van der Waals surface area contributed by atoms with Crippen LogP contribution in [0.5, 0.6) is 0 Å². The molecule has 1 atom stereocenters. The average molecular weight is 355 g/mol. The van der Waals surface area contributed by atoms with Crippen molar-refractivity contribution in [2.24, 2.45) is 5.92 Å². The van der Waals surface area contributed by atoms with Gasteiger partial charge in [-0.3, -0.25) is 9.69 Å². The Kier molecular flexibility index (Phi) is 5.20. The third kappa shape index (κ3) is 4.23. The Labute approximate surface area is 154 Å². The summed E-state index contributed by atoms with van der Waals surface area (Å²) in [7, 11) is 0. The van der Waals surface area contributed by atoms with Crippen molar-refractivity contribution in [1.29, 1.82) is 0 Å². The molecular formula is C20H29N5O. The molecule has 2 aromatic heterocycles. The van der Waals surface area contributed by atoms with Crippen LogP contribution in [0.1, 0.15) is 67.5 Å². The molecule has 0 aromatic carbocycles. The zero-order chi connectivity index (χ0) is 17.9. The number of hydrogen-bond donors (Lipinski definition) is 2. The van der Waals surface area contributed by atoms with Gasteiger partial charge >= 0.3 is 0 Å². The van der Waals surface area contributed by atoms with Gasteiger partial charge in [0, 0.05) is 43.4 Å². The van der Waals surface area contributed by atoms with E-state index in [0.717, 1.165) is 56.3 Å². The van der Waals surface area contributed by atoms with Gasteiger partial charge in [-0.05, 0) is 32.2 Å². The molecule has 1 saturated heterocycles. The van der Waals surface area contributed by atoms with E-state index >= 15 is 0 Å². The van der Waals surface area contributed by atoms with Gasteiger partial charge in [0.15, 0.2) is 0 Å². The summed E-state index contributed by atoms with van der Waals surface area (Å²) in [6, 6.07) is 1.66. The molecule has 0 bridgehead atoms. The second-order valence-electron chi connectivity index (χ2n) is 8.04. The third-order valence-corrected chi connectivity index (χ3v) is 5.84. The van der Waals surface area contributed by atoms with Crippen molar-refractivity contribution >= 4 is 0 Å². The van der Waals surface area contributed by atoms with E-state index in [1.165, 1.54) is 31.4 Å². The fraction of sp³-hybridized carbons (Fsp3) is 0.650. The summed E-state index contributed by atoms with van der Waals surface area (Å²) < 4.78 is 0. The molecule has 1 saturated carbocycles. The first-order valence-electron chi connectivity index (χ1n) is 9.98. The van der Waals surface area contributed by atoms with Crippen LogP contribution in [0.2, 0.25) is 0 Å². The maximum absolute atomic E-state index is 11.7. The first-order chi connectivity index (χ1) is 12.7. The SMILES string of the molecule is Cc1nc(C2CCCN(Cc3cnc(CC4CCCC4)[nH]3)C2)cc(=O)[nH]1. The fourth-order valence-corrected chi connectivity index (χ4v) is 4.57. The van der Waals surface area contributed by atoms with Crippen LogP contribution in [0.3, 0.4) is 0 Å². The molecule has 0 radical (unpaired) electrons. The van der Waals surface area contributed by atoms with Crippen LogP contribution >= 0.6 is 0 Å². The van der Waals surface area contributed by atoms with Gasteiger partial charge in [-0.25, -0.2) is 9.97 Å². The maximum atomic E-state index is 11.7. The molecule has 4 rings (SSSR count). The summed E-state index contributed by atoms with van der Waals surface area (Å²) in [5, 5.41) is 0. The van der Waals surface area contributed by atoms with Gasteiger partial charge in [-0.1, -0.05) is 25.7 Å². The lowest BCUT2D eigenvalue weighted by Crippen LogP contribution is -2.34. The minimum absolute atomic E-state index is 0.0465. The lowest BCUT2D eigenvalue weighted by atomic mass is 9.94. The Morgan fingerprint density at radius 2 is 2.04 bits per heavy atom. The number of nitrogens with one attached hydrogen (secondary N) is 2. The second kappa shape index (κ2) is 7.74. The zero-order valence-electron chi connectivity index (χ0n) is 15.6. The number of nitrogens with zero attached hydrogens (tertiary/aromatic N) is 3. The molecule has 1 aliphatic carbocycles. The topological polar surface area (TPSA) is 77.7 Å². The van der Waals surface area contributed by atoms with Crippen molar-refractivity contribution < 1.29 is 0 Å². The molecule has 2 fully saturated rings. The second-order valence-corrected chi connectivity index (χ2v) is 8.04. The monoisotopic (exact) mass is 355 g/mol. The number of likely N-dealkylation sites (tertiary alicyclic amines) is 1. The van der Waals surface area contributed by atoms with Crippen LogP contribution in [0, 0.1) is 12.8 Å². The smallest absolute Gasteiger partial charge is 0.251 e. The third-order valence-electron chi connectivity index (χ3n) is 5.84. The van der Waals surface area contributed by atoms with E-state index in [0.29, 0.717) is 11.7 Å². The van der Waals surface area contributed by atoms with Crippen LogP contribution in [0.15, 0.2) is 17.1 Å². The highest BCUT2D eigenvalue weighted by Gasteiger charge is 2.24. The van der Waals surface area contributed by atoms with Gasteiger partial charge in [0.25, 0.3) is 5.56 Å². The maximum Gasteiger partial charge on any atom is 0.251 e. The first-order valence-corrected chi connectivity index (χ1v) is 9.98. The molecule has 0 amide bonds. The van der Waals surface area contributed by atoms with E-state index in [2.05, 4.69) is 24.8 Å². The average Bonchev–Trinajstić information content (AvgIpc) is 3.27. The van der Waals surface area contributed by atoms with Crippen LogP contribution in [0.25, 0.3) is 0 Å². The highest BCUT2D eigenvalue weighted by molar-refractivity contribution is 5.11. The van der Waals surface area contributed by atoms with Gasteiger partial charge in [-0.15, -0.1) is 0 Å². The number of H-pyrrole nitrogens is 2. The van der Waals surface area contributed by atoms with E-state index < -0.39 is 0 Å². The standard InChI is InChI=1S/C20H29N5O/c1-14-22-18(10-20(26)23-14)16-7-4-8-25(12-16)13-17-11-21-19(24-17)9-15-5-2-3-6-15/h10-11,15-16H,2-9,12-13H2,1H3,(H,21,24)(H,22,23,26). The summed E-state index contributed by atoms with van der Waals surface area (Å²) >= 11 is 0. The number of rotatable bonds is 5. The largest absolute Gasteiger partial charge is 0.345 e. The van der Waals surface area contributed by atoms with E-state index in [9.17, 15) is 4.79 Å². The lowest BCUT2D eigenvalue weighted by molar-refractivity contribution is 0.196. The highest BCUT2D eigenvalue weighted by Crippen LogP contribution is 2.28. The Morgan fingerprint density at radius 3 is 2.85 bits per heavy atom. The number of aryl methyl sites for hydroxylation is 1. The van der Waals surface area contributed by atoms with Gasteiger partial charge < -0.3 is 9.97 Å². The van der Waals surface area contributed by atoms with Gasteiger partial charge in [0.05, 0.1) is 5.69 Å². The summed E-state index contributed by atoms with van der Waals surface area (Å²) in [5.74, 6) is 3.01. The predicted molar refractivity (Wildman–Crippen MR) is 101 cm³/mol. The Hall–Kier alpha value is -1.95. The molecule has 0 spiro atoms. The van der Waals surface area contributed by atoms with E-state index in [4.69, 9.17) is 0 Å². The summed E-state index contributed by atoms with van der Waals surface area (Å²) in [4.78, 5) is 29.6. The molecule has 2 aliphatic rings. The Balaban J connectivity index is 1.37. The molecule has 1 unspecified atom stereocenters. The minimum atomic E-state index is -0.0465. The summed E-state index contributed by atoms with van der Waals surface area (Å²) in [5.41, 5.74) is 2.09. The van der Waals surface area contributed by atoms with Gasteiger partial charge in [-0.2, -0.15) is 0 Å². The Morgan fingerprint density at radius 1 is 1.19 bits per heavy atom. The van der Waals surface area contributed by atoms with Gasteiger partial charge in [0.1, 0.15) is 11.6 Å². The van der Waals surface area contributed by atoms with Crippen LogP contribution in [-0.4, -0.2) is 37.9 Å².